The second-order valence-corrected chi connectivity index (χ2v) is 5.45. The lowest BCUT2D eigenvalue weighted by atomic mass is 10.1. The van der Waals surface area contributed by atoms with Gasteiger partial charge < -0.3 is 16.2 Å². The zero-order valence-electron chi connectivity index (χ0n) is 9.72. The maximum absolute atomic E-state index is 10.7. The van der Waals surface area contributed by atoms with Gasteiger partial charge >= 0.3 is 5.97 Å². The summed E-state index contributed by atoms with van der Waals surface area (Å²) in [6, 6.07) is -1.03. The molecule has 0 aromatic carbocycles. The van der Waals surface area contributed by atoms with Gasteiger partial charge in [-0.15, -0.1) is 11.3 Å². The van der Waals surface area contributed by atoms with Crippen molar-refractivity contribution >= 4 is 22.4 Å². The van der Waals surface area contributed by atoms with E-state index in [9.17, 15) is 4.79 Å². The third-order valence-electron chi connectivity index (χ3n) is 3.11. The Labute approximate surface area is 104 Å². The van der Waals surface area contributed by atoms with Crippen molar-refractivity contribution in [3.8, 4) is 0 Å². The van der Waals surface area contributed by atoms with Crippen molar-refractivity contribution in [1.82, 2.24) is 4.98 Å². The fourth-order valence-corrected chi connectivity index (χ4v) is 2.47. The van der Waals surface area contributed by atoms with Crippen LogP contribution in [0.5, 0.6) is 0 Å². The first kappa shape index (κ1) is 12.3. The maximum Gasteiger partial charge on any atom is 0.326 e. The summed E-state index contributed by atoms with van der Waals surface area (Å²) in [5, 5.41) is 14.5. The number of anilines is 1. The van der Waals surface area contributed by atoms with Gasteiger partial charge in [0.2, 0.25) is 0 Å². The Balaban J connectivity index is 1.87. The van der Waals surface area contributed by atoms with Crippen molar-refractivity contribution in [2.45, 2.75) is 25.8 Å². The molecule has 0 spiro atoms. The van der Waals surface area contributed by atoms with Crippen LogP contribution >= 0.6 is 11.3 Å². The summed E-state index contributed by atoms with van der Waals surface area (Å²) in [5.41, 5.74) is 5.90. The number of nitrogens with two attached hydrogens (primary N) is 1. The minimum absolute atomic E-state index is 0.420. The quantitative estimate of drug-likeness (QED) is 0.720. The van der Waals surface area contributed by atoms with Crippen molar-refractivity contribution in [2.75, 3.05) is 11.9 Å². The Morgan fingerprint density at radius 2 is 2.47 bits per heavy atom. The van der Waals surface area contributed by atoms with E-state index in [1.54, 1.807) is 5.38 Å². The van der Waals surface area contributed by atoms with Crippen molar-refractivity contribution in [2.24, 2.45) is 17.6 Å². The highest BCUT2D eigenvalue weighted by atomic mass is 32.1. The molecule has 1 aliphatic rings. The molecule has 4 N–H and O–H groups in total. The Kier molecular flexibility index (Phi) is 3.63. The summed E-state index contributed by atoms with van der Waals surface area (Å²) in [6.45, 7) is 3.11. The van der Waals surface area contributed by atoms with E-state index >= 15 is 0 Å². The largest absolute Gasteiger partial charge is 0.480 e. The summed E-state index contributed by atoms with van der Waals surface area (Å²) in [7, 11) is 0. The molecule has 0 bridgehead atoms. The third kappa shape index (κ3) is 3.17. The number of aliphatic carboxylic acids is 1. The second kappa shape index (κ2) is 5.01. The molecule has 5 nitrogen and oxygen atoms in total. The molecule has 0 saturated heterocycles. The minimum atomic E-state index is -1.05. The number of nitrogens with zero attached hydrogens (tertiary/aromatic N) is 1. The molecule has 1 aromatic heterocycles. The predicted octanol–water partition coefficient (Wildman–Crippen LogP) is 1.69. The summed E-state index contributed by atoms with van der Waals surface area (Å²) < 4.78 is 0. The highest BCUT2D eigenvalue weighted by Gasteiger charge is 2.27. The van der Waals surface area contributed by atoms with Crippen LogP contribution in [0.3, 0.4) is 0 Å². The second-order valence-electron chi connectivity index (χ2n) is 4.59. The Morgan fingerprint density at radius 3 is 3.06 bits per heavy atom. The molecule has 0 aliphatic heterocycles. The average molecular weight is 255 g/mol. The molecule has 1 fully saturated rings. The van der Waals surface area contributed by atoms with Crippen LogP contribution in [0.25, 0.3) is 0 Å². The minimum Gasteiger partial charge on any atom is -0.480 e. The predicted molar refractivity (Wildman–Crippen MR) is 67.1 cm³/mol. The number of aromatic nitrogens is 1. The van der Waals surface area contributed by atoms with Crippen LogP contribution in [-0.2, 0) is 4.79 Å². The first-order chi connectivity index (χ1) is 8.08. The zero-order chi connectivity index (χ0) is 12.4. The SMILES string of the molecule is CC(CNc1nc(C(N)C(=O)O)cs1)C1CC1. The van der Waals surface area contributed by atoms with Gasteiger partial charge in [0.25, 0.3) is 0 Å². The van der Waals surface area contributed by atoms with E-state index < -0.39 is 12.0 Å². The Bertz CT molecular complexity index is 403. The van der Waals surface area contributed by atoms with E-state index in [0.29, 0.717) is 11.6 Å². The van der Waals surface area contributed by atoms with E-state index in [-0.39, 0.29) is 0 Å². The molecule has 1 aliphatic carbocycles. The lowest BCUT2D eigenvalue weighted by Gasteiger charge is -2.09. The van der Waals surface area contributed by atoms with Gasteiger partial charge in [0.15, 0.2) is 5.13 Å². The molecule has 6 heteroatoms. The first-order valence-electron chi connectivity index (χ1n) is 5.75. The molecule has 1 aromatic rings. The van der Waals surface area contributed by atoms with Crippen LogP contribution in [0.2, 0.25) is 0 Å². The van der Waals surface area contributed by atoms with Gasteiger partial charge in [-0.3, -0.25) is 4.79 Å². The van der Waals surface area contributed by atoms with Gasteiger partial charge in [-0.2, -0.15) is 0 Å². The number of carbonyl (C=O) groups is 1. The molecule has 0 amide bonds. The third-order valence-corrected chi connectivity index (χ3v) is 3.93. The first-order valence-corrected chi connectivity index (χ1v) is 6.63. The molecule has 17 heavy (non-hydrogen) atoms. The Hall–Kier alpha value is -1.14. The smallest absolute Gasteiger partial charge is 0.326 e. The van der Waals surface area contributed by atoms with Crippen LogP contribution < -0.4 is 11.1 Å². The zero-order valence-corrected chi connectivity index (χ0v) is 10.5. The van der Waals surface area contributed by atoms with Gasteiger partial charge in [-0.25, -0.2) is 4.98 Å². The monoisotopic (exact) mass is 255 g/mol. The molecule has 1 saturated carbocycles. The maximum atomic E-state index is 10.7. The standard InChI is InChI=1S/C11H17N3O2S/c1-6(7-2-3-7)4-13-11-14-8(5-17-11)9(12)10(15)16/h5-7,9H,2-4,12H2,1H3,(H,13,14)(H,15,16). The fraction of sp³-hybridized carbons (Fsp3) is 0.636. The van der Waals surface area contributed by atoms with Crippen LogP contribution in [0.4, 0.5) is 5.13 Å². The molecule has 0 radical (unpaired) electrons. The number of hydrogen-bond acceptors (Lipinski definition) is 5. The summed E-state index contributed by atoms with van der Waals surface area (Å²) in [5.74, 6) is 0.451. The number of rotatable bonds is 6. The van der Waals surface area contributed by atoms with Crippen LogP contribution in [0.1, 0.15) is 31.5 Å². The van der Waals surface area contributed by atoms with Crippen molar-refractivity contribution in [3.05, 3.63) is 11.1 Å². The highest BCUT2D eigenvalue weighted by molar-refractivity contribution is 7.13. The number of carboxylic acids is 1. The van der Waals surface area contributed by atoms with E-state index in [0.717, 1.165) is 17.6 Å². The van der Waals surface area contributed by atoms with Crippen LogP contribution in [0.15, 0.2) is 5.38 Å². The van der Waals surface area contributed by atoms with Crippen LogP contribution in [-0.4, -0.2) is 22.6 Å². The lowest BCUT2D eigenvalue weighted by Crippen LogP contribution is -2.21. The van der Waals surface area contributed by atoms with E-state index in [1.807, 2.05) is 0 Å². The van der Waals surface area contributed by atoms with E-state index in [2.05, 4.69) is 17.2 Å². The van der Waals surface area contributed by atoms with Gasteiger partial charge in [-0.05, 0) is 24.7 Å². The van der Waals surface area contributed by atoms with E-state index in [4.69, 9.17) is 10.8 Å². The summed E-state index contributed by atoms with van der Waals surface area (Å²) in [4.78, 5) is 14.9. The van der Waals surface area contributed by atoms with E-state index in [1.165, 1.54) is 24.2 Å². The summed E-state index contributed by atoms with van der Waals surface area (Å²) >= 11 is 1.40. The molecule has 2 unspecified atom stereocenters. The molecular weight excluding hydrogens is 238 g/mol. The molecule has 2 rings (SSSR count). The van der Waals surface area contributed by atoms with Crippen molar-refractivity contribution in [1.29, 1.82) is 0 Å². The van der Waals surface area contributed by atoms with Gasteiger partial charge in [0, 0.05) is 11.9 Å². The average Bonchev–Trinajstić information content (AvgIpc) is 3.04. The molecule has 94 valence electrons. The molecular formula is C11H17N3O2S. The van der Waals surface area contributed by atoms with Crippen molar-refractivity contribution in [3.63, 3.8) is 0 Å². The molecule has 1 heterocycles. The fourth-order valence-electron chi connectivity index (χ4n) is 1.72. The number of thiazole rings is 1. The lowest BCUT2D eigenvalue weighted by molar-refractivity contribution is -0.138. The Morgan fingerprint density at radius 1 is 1.76 bits per heavy atom. The van der Waals surface area contributed by atoms with Gasteiger partial charge in [-0.1, -0.05) is 6.92 Å². The number of hydrogen-bond donors (Lipinski definition) is 3. The van der Waals surface area contributed by atoms with Gasteiger partial charge in [0.1, 0.15) is 6.04 Å². The number of nitrogens with one attached hydrogen (secondary N) is 1. The highest BCUT2D eigenvalue weighted by Crippen LogP contribution is 2.36. The van der Waals surface area contributed by atoms with Gasteiger partial charge in [0.05, 0.1) is 5.69 Å². The topological polar surface area (TPSA) is 88.2 Å². The van der Waals surface area contributed by atoms with Crippen molar-refractivity contribution < 1.29 is 9.90 Å². The number of carboxylic acid groups (broad SMARTS) is 1. The summed E-state index contributed by atoms with van der Waals surface area (Å²) in [6.07, 6.45) is 2.66. The van der Waals surface area contributed by atoms with Crippen LogP contribution in [0, 0.1) is 11.8 Å². The molecule has 2 atom stereocenters. The normalized spacial score (nSPS) is 18.7.